The summed E-state index contributed by atoms with van der Waals surface area (Å²) >= 11 is 1.50. The van der Waals surface area contributed by atoms with Crippen LogP contribution in [0.15, 0.2) is 42.5 Å². The topological polar surface area (TPSA) is 30.0 Å². The SMILES string of the molecule is Cc1ccc2cccc(-c3ccc(C=O)s3)c2n1. The van der Waals surface area contributed by atoms with Gasteiger partial charge < -0.3 is 0 Å². The molecule has 0 saturated heterocycles. The molecular weight excluding hydrogens is 242 g/mol. The summed E-state index contributed by atoms with van der Waals surface area (Å²) in [4.78, 5) is 17.2. The Kier molecular flexibility index (Phi) is 2.68. The number of hydrogen-bond acceptors (Lipinski definition) is 3. The smallest absolute Gasteiger partial charge is 0.160 e. The zero-order chi connectivity index (χ0) is 12.5. The van der Waals surface area contributed by atoms with E-state index in [0.29, 0.717) is 0 Å². The number of pyridine rings is 1. The van der Waals surface area contributed by atoms with E-state index in [2.05, 4.69) is 23.2 Å². The van der Waals surface area contributed by atoms with E-state index >= 15 is 0 Å². The lowest BCUT2D eigenvalue weighted by Gasteiger charge is -2.04. The van der Waals surface area contributed by atoms with Crippen molar-refractivity contribution < 1.29 is 4.79 Å². The van der Waals surface area contributed by atoms with Gasteiger partial charge in [-0.1, -0.05) is 24.3 Å². The third-order valence-corrected chi connectivity index (χ3v) is 3.91. The monoisotopic (exact) mass is 253 g/mol. The lowest BCUT2D eigenvalue weighted by Crippen LogP contribution is -1.85. The molecule has 3 aromatic rings. The Labute approximate surface area is 109 Å². The molecule has 2 aromatic heterocycles. The average molecular weight is 253 g/mol. The van der Waals surface area contributed by atoms with Crippen LogP contribution in [0.25, 0.3) is 21.3 Å². The third kappa shape index (κ3) is 1.83. The molecule has 0 spiro atoms. The molecule has 0 radical (unpaired) electrons. The minimum absolute atomic E-state index is 0.745. The number of thiophene rings is 1. The maximum atomic E-state index is 10.8. The molecule has 0 N–H and O–H groups in total. The minimum atomic E-state index is 0.745. The predicted octanol–water partition coefficient (Wildman–Crippen LogP) is 4.08. The van der Waals surface area contributed by atoms with Gasteiger partial charge in [0.05, 0.1) is 10.4 Å². The molecule has 0 amide bonds. The molecule has 0 saturated carbocycles. The van der Waals surface area contributed by atoms with Crippen LogP contribution in [0.2, 0.25) is 0 Å². The molecule has 3 heteroatoms. The quantitative estimate of drug-likeness (QED) is 0.644. The van der Waals surface area contributed by atoms with Gasteiger partial charge in [-0.25, -0.2) is 0 Å². The van der Waals surface area contributed by atoms with Crippen LogP contribution in [0.3, 0.4) is 0 Å². The first-order valence-electron chi connectivity index (χ1n) is 5.70. The second kappa shape index (κ2) is 4.35. The van der Waals surface area contributed by atoms with Gasteiger partial charge in [0, 0.05) is 21.5 Å². The average Bonchev–Trinajstić information content (AvgIpc) is 2.86. The third-order valence-electron chi connectivity index (χ3n) is 2.87. The van der Waals surface area contributed by atoms with Gasteiger partial charge in [-0.3, -0.25) is 9.78 Å². The molecule has 0 aliphatic rings. The van der Waals surface area contributed by atoms with Gasteiger partial charge in [-0.05, 0) is 25.1 Å². The van der Waals surface area contributed by atoms with Crippen LogP contribution in [0.1, 0.15) is 15.4 Å². The van der Waals surface area contributed by atoms with Crippen molar-refractivity contribution in [2.75, 3.05) is 0 Å². The number of nitrogens with zero attached hydrogens (tertiary/aromatic N) is 1. The number of carbonyl (C=O) groups is 1. The molecule has 0 bridgehead atoms. The van der Waals surface area contributed by atoms with E-state index in [4.69, 9.17) is 0 Å². The first kappa shape index (κ1) is 11.1. The van der Waals surface area contributed by atoms with Crippen LogP contribution < -0.4 is 0 Å². The molecule has 0 fully saturated rings. The Hall–Kier alpha value is -2.00. The van der Waals surface area contributed by atoms with E-state index in [9.17, 15) is 4.79 Å². The van der Waals surface area contributed by atoms with Crippen molar-refractivity contribution in [2.45, 2.75) is 6.92 Å². The zero-order valence-electron chi connectivity index (χ0n) is 9.88. The van der Waals surface area contributed by atoms with Gasteiger partial charge in [-0.2, -0.15) is 0 Å². The lowest BCUT2D eigenvalue weighted by atomic mass is 10.1. The number of aryl methyl sites for hydroxylation is 1. The maximum Gasteiger partial charge on any atom is 0.160 e. The maximum absolute atomic E-state index is 10.8. The van der Waals surface area contributed by atoms with Crippen molar-refractivity contribution in [2.24, 2.45) is 0 Å². The summed E-state index contributed by atoms with van der Waals surface area (Å²) < 4.78 is 0. The van der Waals surface area contributed by atoms with Crippen molar-refractivity contribution in [3.8, 4) is 10.4 Å². The Morgan fingerprint density at radius 2 is 2.00 bits per heavy atom. The van der Waals surface area contributed by atoms with Crippen molar-refractivity contribution in [1.82, 2.24) is 4.98 Å². The van der Waals surface area contributed by atoms with Gasteiger partial charge in [0.1, 0.15) is 0 Å². The predicted molar refractivity (Wildman–Crippen MR) is 75.2 cm³/mol. The van der Waals surface area contributed by atoms with Gasteiger partial charge in [-0.15, -0.1) is 11.3 Å². The Bertz CT molecular complexity index is 730. The van der Waals surface area contributed by atoms with Gasteiger partial charge in [0.2, 0.25) is 0 Å². The summed E-state index contributed by atoms with van der Waals surface area (Å²) in [6, 6.07) is 14.0. The summed E-state index contributed by atoms with van der Waals surface area (Å²) in [5.41, 5.74) is 3.09. The zero-order valence-corrected chi connectivity index (χ0v) is 10.7. The van der Waals surface area contributed by atoms with Crippen LogP contribution in [0.4, 0.5) is 0 Å². The molecular formula is C15H11NOS. The molecule has 0 atom stereocenters. The molecule has 2 nitrogen and oxygen atoms in total. The Morgan fingerprint density at radius 1 is 1.11 bits per heavy atom. The van der Waals surface area contributed by atoms with Crippen LogP contribution in [0.5, 0.6) is 0 Å². The lowest BCUT2D eigenvalue weighted by molar-refractivity contribution is 0.112. The summed E-state index contributed by atoms with van der Waals surface area (Å²) in [6.45, 7) is 1.99. The molecule has 1 aromatic carbocycles. The van der Waals surface area contributed by atoms with E-state index in [0.717, 1.165) is 38.2 Å². The second-order valence-electron chi connectivity index (χ2n) is 4.15. The number of carbonyl (C=O) groups excluding carboxylic acids is 1. The molecule has 0 unspecified atom stereocenters. The fraction of sp³-hybridized carbons (Fsp3) is 0.0667. The highest BCUT2D eigenvalue weighted by Gasteiger charge is 2.07. The highest BCUT2D eigenvalue weighted by molar-refractivity contribution is 7.17. The number of aromatic nitrogens is 1. The molecule has 0 aliphatic carbocycles. The normalized spacial score (nSPS) is 10.7. The van der Waals surface area contributed by atoms with Crippen molar-refractivity contribution in [3.63, 3.8) is 0 Å². The first-order chi connectivity index (χ1) is 8.78. The van der Waals surface area contributed by atoms with E-state index in [-0.39, 0.29) is 0 Å². The number of para-hydroxylation sites is 1. The minimum Gasteiger partial charge on any atom is -0.297 e. The van der Waals surface area contributed by atoms with Gasteiger partial charge >= 0.3 is 0 Å². The number of benzene rings is 1. The number of hydrogen-bond donors (Lipinski definition) is 0. The van der Waals surface area contributed by atoms with E-state index in [1.165, 1.54) is 11.3 Å². The van der Waals surface area contributed by atoms with Gasteiger partial charge in [0.25, 0.3) is 0 Å². The fourth-order valence-electron chi connectivity index (χ4n) is 2.00. The van der Waals surface area contributed by atoms with Crippen LogP contribution in [-0.4, -0.2) is 11.3 Å². The van der Waals surface area contributed by atoms with Crippen molar-refractivity contribution >= 4 is 28.5 Å². The summed E-state index contributed by atoms with van der Waals surface area (Å²) in [5, 5.41) is 1.12. The highest BCUT2D eigenvalue weighted by atomic mass is 32.1. The standard InChI is InChI=1S/C15H11NOS/c1-10-5-6-11-3-2-4-13(15(11)16-10)14-8-7-12(9-17)18-14/h2-9H,1H3. The summed E-state index contributed by atoms with van der Waals surface area (Å²) in [5.74, 6) is 0. The second-order valence-corrected chi connectivity index (χ2v) is 5.27. The number of rotatable bonds is 2. The van der Waals surface area contributed by atoms with E-state index in [1.807, 2.05) is 31.2 Å². The summed E-state index contributed by atoms with van der Waals surface area (Å²) in [7, 11) is 0. The number of fused-ring (bicyclic) bond motifs is 1. The molecule has 88 valence electrons. The Morgan fingerprint density at radius 3 is 2.78 bits per heavy atom. The summed E-state index contributed by atoms with van der Waals surface area (Å²) in [6.07, 6.45) is 0.887. The van der Waals surface area contributed by atoms with Crippen LogP contribution in [0, 0.1) is 6.92 Å². The van der Waals surface area contributed by atoms with E-state index in [1.54, 1.807) is 0 Å². The first-order valence-corrected chi connectivity index (χ1v) is 6.51. The fourth-order valence-corrected chi connectivity index (χ4v) is 2.85. The van der Waals surface area contributed by atoms with Crippen molar-refractivity contribution in [3.05, 3.63) is 53.0 Å². The molecule has 18 heavy (non-hydrogen) atoms. The van der Waals surface area contributed by atoms with Gasteiger partial charge in [0.15, 0.2) is 6.29 Å². The molecule has 2 heterocycles. The number of aldehydes is 1. The van der Waals surface area contributed by atoms with E-state index < -0.39 is 0 Å². The molecule has 3 rings (SSSR count). The highest BCUT2D eigenvalue weighted by Crippen LogP contribution is 2.32. The van der Waals surface area contributed by atoms with Crippen LogP contribution >= 0.6 is 11.3 Å². The Balaban J connectivity index is 2.27. The molecule has 0 aliphatic heterocycles. The van der Waals surface area contributed by atoms with Crippen molar-refractivity contribution in [1.29, 1.82) is 0 Å². The van der Waals surface area contributed by atoms with Crippen LogP contribution in [-0.2, 0) is 0 Å². The largest absolute Gasteiger partial charge is 0.297 e.